The summed E-state index contributed by atoms with van der Waals surface area (Å²) in [5.41, 5.74) is 2.35. The van der Waals surface area contributed by atoms with E-state index in [1.54, 1.807) is 10.9 Å². The molecule has 1 aromatic carbocycles. The Bertz CT molecular complexity index is 898. The molecule has 25 heavy (non-hydrogen) atoms. The molecule has 0 saturated heterocycles. The fourth-order valence-electron chi connectivity index (χ4n) is 2.40. The Morgan fingerprint density at radius 3 is 2.60 bits per heavy atom. The van der Waals surface area contributed by atoms with Crippen LogP contribution in [0.1, 0.15) is 11.4 Å². The zero-order chi connectivity index (χ0) is 18.0. The summed E-state index contributed by atoms with van der Waals surface area (Å²) in [6.07, 6.45) is 3.10. The molecule has 2 heterocycles. The summed E-state index contributed by atoms with van der Waals surface area (Å²) >= 11 is 0. The zero-order valence-electron chi connectivity index (χ0n) is 14.2. The van der Waals surface area contributed by atoms with E-state index in [4.69, 9.17) is 4.74 Å². The van der Waals surface area contributed by atoms with Gasteiger partial charge in [0, 0.05) is 7.05 Å². The van der Waals surface area contributed by atoms with Gasteiger partial charge in [0.1, 0.15) is 18.1 Å². The molecule has 3 rings (SSSR count). The molecule has 0 unspecified atom stereocenters. The minimum atomic E-state index is -0.333. The van der Waals surface area contributed by atoms with Gasteiger partial charge in [0.2, 0.25) is 5.91 Å². The number of nitrogens with zero attached hydrogens (tertiary/aromatic N) is 4. The van der Waals surface area contributed by atoms with Crippen LogP contribution in [0.25, 0.3) is 0 Å². The molecule has 1 amide bonds. The molecule has 7 nitrogen and oxygen atoms in total. The third kappa shape index (κ3) is 3.85. The highest BCUT2D eigenvalue weighted by Gasteiger charge is 2.13. The van der Waals surface area contributed by atoms with Crippen LogP contribution in [0.15, 0.2) is 36.7 Å². The van der Waals surface area contributed by atoms with Crippen LogP contribution in [0.3, 0.4) is 0 Å². The number of hydrogen-bond acceptors (Lipinski definition) is 4. The maximum atomic E-state index is 12.9. The topological polar surface area (TPSA) is 74.0 Å². The van der Waals surface area contributed by atoms with Crippen molar-refractivity contribution in [3.63, 3.8) is 0 Å². The van der Waals surface area contributed by atoms with Gasteiger partial charge in [-0.25, -0.2) is 4.39 Å². The second-order valence-corrected chi connectivity index (χ2v) is 5.65. The second-order valence-electron chi connectivity index (χ2n) is 5.65. The number of carbonyl (C=O) groups is 1. The van der Waals surface area contributed by atoms with Crippen molar-refractivity contribution in [2.75, 3.05) is 5.32 Å². The molecule has 0 saturated carbocycles. The van der Waals surface area contributed by atoms with Crippen LogP contribution < -0.4 is 10.1 Å². The molecule has 2 aromatic heterocycles. The SMILES string of the molecule is Cc1nn(C)c(C)c1NC(=O)Cn1cc(Oc2ccc(F)cc2)cn1. The highest BCUT2D eigenvalue weighted by molar-refractivity contribution is 5.91. The van der Waals surface area contributed by atoms with E-state index in [1.165, 1.54) is 35.1 Å². The van der Waals surface area contributed by atoms with Gasteiger partial charge in [0.15, 0.2) is 5.75 Å². The number of anilines is 1. The summed E-state index contributed by atoms with van der Waals surface area (Å²) in [5.74, 6) is 0.413. The number of benzene rings is 1. The lowest BCUT2D eigenvalue weighted by atomic mass is 10.3. The zero-order valence-corrected chi connectivity index (χ0v) is 14.2. The Morgan fingerprint density at radius 2 is 1.96 bits per heavy atom. The average Bonchev–Trinajstić information content (AvgIpc) is 3.09. The second kappa shape index (κ2) is 6.76. The average molecular weight is 343 g/mol. The summed E-state index contributed by atoms with van der Waals surface area (Å²) < 4.78 is 21.6. The maximum absolute atomic E-state index is 12.9. The van der Waals surface area contributed by atoms with E-state index in [0.29, 0.717) is 17.2 Å². The first-order valence-corrected chi connectivity index (χ1v) is 7.68. The number of halogens is 1. The van der Waals surface area contributed by atoms with Crippen LogP contribution in [0.5, 0.6) is 11.5 Å². The number of amides is 1. The van der Waals surface area contributed by atoms with Crippen LogP contribution >= 0.6 is 0 Å². The molecule has 1 N–H and O–H groups in total. The predicted molar refractivity (Wildman–Crippen MR) is 90.0 cm³/mol. The van der Waals surface area contributed by atoms with E-state index in [1.807, 2.05) is 20.9 Å². The molecule has 0 bridgehead atoms. The molecule has 0 aliphatic heterocycles. The first-order valence-electron chi connectivity index (χ1n) is 7.68. The number of nitrogens with one attached hydrogen (secondary N) is 1. The van der Waals surface area contributed by atoms with Gasteiger partial charge in [-0.15, -0.1) is 0 Å². The standard InChI is InChI=1S/C17H18FN5O2/c1-11-17(12(2)22(3)21-11)20-16(24)10-23-9-15(8-19-23)25-14-6-4-13(18)5-7-14/h4-9H,10H2,1-3H3,(H,20,24). The van der Waals surface area contributed by atoms with Crippen LogP contribution in [-0.2, 0) is 18.4 Å². The van der Waals surface area contributed by atoms with Crippen molar-refractivity contribution in [2.45, 2.75) is 20.4 Å². The summed E-state index contributed by atoms with van der Waals surface area (Å²) in [4.78, 5) is 12.2. The van der Waals surface area contributed by atoms with Gasteiger partial charge < -0.3 is 10.1 Å². The number of aryl methyl sites for hydroxylation is 2. The van der Waals surface area contributed by atoms with E-state index >= 15 is 0 Å². The molecule has 3 aromatic rings. The van der Waals surface area contributed by atoms with E-state index in [0.717, 1.165) is 11.4 Å². The highest BCUT2D eigenvalue weighted by Crippen LogP contribution is 2.21. The molecule has 8 heteroatoms. The van der Waals surface area contributed by atoms with Crippen molar-refractivity contribution in [1.82, 2.24) is 19.6 Å². The first kappa shape index (κ1) is 16.7. The predicted octanol–water partition coefficient (Wildman–Crippen LogP) is 2.80. The molecule has 0 radical (unpaired) electrons. The third-order valence-corrected chi connectivity index (χ3v) is 3.74. The maximum Gasteiger partial charge on any atom is 0.246 e. The largest absolute Gasteiger partial charge is 0.454 e. The van der Waals surface area contributed by atoms with Crippen LogP contribution in [-0.4, -0.2) is 25.5 Å². The lowest BCUT2D eigenvalue weighted by Gasteiger charge is -2.06. The first-order chi connectivity index (χ1) is 11.9. The van der Waals surface area contributed by atoms with Gasteiger partial charge in [0.25, 0.3) is 0 Å². The van der Waals surface area contributed by atoms with Crippen molar-refractivity contribution in [3.05, 3.63) is 53.9 Å². The summed E-state index contributed by atoms with van der Waals surface area (Å²) in [7, 11) is 1.82. The minimum absolute atomic E-state index is 0.0422. The molecule has 130 valence electrons. The molecular formula is C17H18FN5O2. The molecule has 0 spiro atoms. The van der Waals surface area contributed by atoms with E-state index < -0.39 is 0 Å². The van der Waals surface area contributed by atoms with Gasteiger partial charge in [0.05, 0.1) is 29.5 Å². The monoisotopic (exact) mass is 343 g/mol. The lowest BCUT2D eigenvalue weighted by Crippen LogP contribution is -2.19. The van der Waals surface area contributed by atoms with Crippen LogP contribution in [0.4, 0.5) is 10.1 Å². The van der Waals surface area contributed by atoms with Crippen molar-refractivity contribution in [2.24, 2.45) is 7.05 Å². The van der Waals surface area contributed by atoms with Crippen molar-refractivity contribution in [3.8, 4) is 11.5 Å². The van der Waals surface area contributed by atoms with Gasteiger partial charge in [-0.05, 0) is 38.1 Å². The minimum Gasteiger partial charge on any atom is -0.454 e. The van der Waals surface area contributed by atoms with Crippen molar-refractivity contribution >= 4 is 11.6 Å². The quantitative estimate of drug-likeness (QED) is 0.773. The van der Waals surface area contributed by atoms with Gasteiger partial charge in [-0.2, -0.15) is 10.2 Å². The Morgan fingerprint density at radius 1 is 1.24 bits per heavy atom. The lowest BCUT2D eigenvalue weighted by molar-refractivity contribution is -0.116. The number of aromatic nitrogens is 4. The molecule has 0 aliphatic rings. The fraction of sp³-hybridized carbons (Fsp3) is 0.235. The Balaban J connectivity index is 1.62. The molecule has 0 atom stereocenters. The Hall–Kier alpha value is -3.16. The highest BCUT2D eigenvalue weighted by atomic mass is 19.1. The summed E-state index contributed by atoms with van der Waals surface area (Å²) in [5, 5.41) is 11.2. The van der Waals surface area contributed by atoms with E-state index in [9.17, 15) is 9.18 Å². The van der Waals surface area contributed by atoms with E-state index in [-0.39, 0.29) is 18.3 Å². The van der Waals surface area contributed by atoms with Gasteiger partial charge in [-0.1, -0.05) is 0 Å². The molecular weight excluding hydrogens is 325 g/mol. The van der Waals surface area contributed by atoms with Crippen molar-refractivity contribution < 1.29 is 13.9 Å². The fourth-order valence-corrected chi connectivity index (χ4v) is 2.40. The van der Waals surface area contributed by atoms with Crippen LogP contribution in [0.2, 0.25) is 0 Å². The van der Waals surface area contributed by atoms with Crippen molar-refractivity contribution in [1.29, 1.82) is 0 Å². The van der Waals surface area contributed by atoms with E-state index in [2.05, 4.69) is 15.5 Å². The van der Waals surface area contributed by atoms with Crippen LogP contribution in [0, 0.1) is 19.7 Å². The molecule has 0 aliphatic carbocycles. The Labute approximate surface area is 144 Å². The third-order valence-electron chi connectivity index (χ3n) is 3.74. The van der Waals surface area contributed by atoms with Gasteiger partial charge >= 0.3 is 0 Å². The number of hydrogen-bond donors (Lipinski definition) is 1. The molecule has 0 fully saturated rings. The summed E-state index contributed by atoms with van der Waals surface area (Å²) in [6.45, 7) is 3.77. The Kier molecular flexibility index (Phi) is 4.51. The normalized spacial score (nSPS) is 10.7. The number of rotatable bonds is 5. The summed E-state index contributed by atoms with van der Waals surface area (Å²) in [6, 6.07) is 5.66. The number of carbonyl (C=O) groups excluding carboxylic acids is 1. The number of ether oxygens (including phenoxy) is 1. The van der Waals surface area contributed by atoms with Gasteiger partial charge in [-0.3, -0.25) is 14.2 Å². The smallest absolute Gasteiger partial charge is 0.246 e.